The Kier molecular flexibility index (Phi) is 4.97. The number of hydrogen-bond donors (Lipinski definition) is 1. The standard InChI is InChI=1S/C18H14Cl2N2O3/c1-2-25-13-6-3-11(4-7-13)9-14-17(23)21-22(18(14)24)12-5-8-15(19)16(20)10-12/h3-10H,2H2,1H3,(H,21,23). The molecule has 1 fully saturated rings. The first-order valence-electron chi connectivity index (χ1n) is 7.54. The molecule has 0 saturated carbocycles. The molecule has 2 aromatic rings. The molecule has 25 heavy (non-hydrogen) atoms. The predicted molar refractivity (Wildman–Crippen MR) is 97.7 cm³/mol. The van der Waals surface area contributed by atoms with Gasteiger partial charge in [-0.15, -0.1) is 0 Å². The van der Waals surface area contributed by atoms with Gasteiger partial charge >= 0.3 is 0 Å². The lowest BCUT2D eigenvalue weighted by Crippen LogP contribution is -2.35. The van der Waals surface area contributed by atoms with E-state index >= 15 is 0 Å². The molecule has 0 radical (unpaired) electrons. The van der Waals surface area contributed by atoms with Gasteiger partial charge in [0.15, 0.2) is 0 Å². The predicted octanol–water partition coefficient (Wildman–Crippen LogP) is 3.85. The number of nitrogens with one attached hydrogen (secondary N) is 1. The second-order valence-corrected chi connectivity index (χ2v) is 6.05. The summed E-state index contributed by atoms with van der Waals surface area (Å²) in [5.74, 6) is -0.216. The molecule has 2 amide bonds. The zero-order valence-electron chi connectivity index (χ0n) is 13.3. The van der Waals surface area contributed by atoms with E-state index in [1.54, 1.807) is 36.4 Å². The number of carbonyl (C=O) groups excluding carboxylic acids is 2. The average Bonchev–Trinajstić information content (AvgIpc) is 2.87. The van der Waals surface area contributed by atoms with Gasteiger partial charge in [-0.2, -0.15) is 0 Å². The second kappa shape index (κ2) is 7.17. The van der Waals surface area contributed by atoms with Crippen molar-refractivity contribution in [1.82, 2.24) is 5.43 Å². The maximum absolute atomic E-state index is 12.6. The van der Waals surface area contributed by atoms with Gasteiger partial charge in [0.2, 0.25) is 0 Å². The third-order valence-corrected chi connectivity index (χ3v) is 4.29. The molecule has 1 heterocycles. The number of nitrogens with zero attached hydrogens (tertiary/aromatic N) is 1. The Morgan fingerprint density at radius 2 is 1.80 bits per heavy atom. The Bertz CT molecular complexity index is 863. The summed E-state index contributed by atoms with van der Waals surface area (Å²) in [6.07, 6.45) is 1.53. The molecule has 0 aromatic heterocycles. The number of hydrazine groups is 1. The minimum atomic E-state index is -0.482. The molecule has 1 N–H and O–H groups in total. The smallest absolute Gasteiger partial charge is 0.282 e. The van der Waals surface area contributed by atoms with Crippen LogP contribution in [0.25, 0.3) is 6.08 Å². The molecular weight excluding hydrogens is 363 g/mol. The summed E-state index contributed by atoms with van der Waals surface area (Å²) in [5.41, 5.74) is 3.71. The summed E-state index contributed by atoms with van der Waals surface area (Å²) >= 11 is 11.9. The van der Waals surface area contributed by atoms with Crippen LogP contribution < -0.4 is 15.2 Å². The number of ether oxygens (including phenoxy) is 1. The van der Waals surface area contributed by atoms with Crippen LogP contribution in [0, 0.1) is 0 Å². The molecule has 0 atom stereocenters. The largest absolute Gasteiger partial charge is 0.494 e. The SMILES string of the molecule is CCOc1ccc(C=C2C(=O)NN(c3ccc(Cl)c(Cl)c3)C2=O)cc1. The van der Waals surface area contributed by atoms with Crippen LogP contribution in [-0.2, 0) is 9.59 Å². The summed E-state index contributed by atoms with van der Waals surface area (Å²) in [4.78, 5) is 24.7. The Morgan fingerprint density at radius 3 is 2.44 bits per heavy atom. The van der Waals surface area contributed by atoms with E-state index in [0.717, 1.165) is 16.3 Å². The summed E-state index contributed by atoms with van der Waals surface area (Å²) in [7, 11) is 0. The summed E-state index contributed by atoms with van der Waals surface area (Å²) in [6, 6.07) is 11.8. The molecular formula is C18H14Cl2N2O3. The third kappa shape index (κ3) is 3.62. The van der Waals surface area contributed by atoms with E-state index in [1.165, 1.54) is 12.1 Å². The molecule has 7 heteroatoms. The summed E-state index contributed by atoms with van der Waals surface area (Å²) in [6.45, 7) is 2.47. The van der Waals surface area contributed by atoms with E-state index in [2.05, 4.69) is 5.43 Å². The van der Waals surface area contributed by atoms with Crippen molar-refractivity contribution in [2.45, 2.75) is 6.92 Å². The lowest BCUT2D eigenvalue weighted by Gasteiger charge is -2.15. The number of carbonyl (C=O) groups is 2. The van der Waals surface area contributed by atoms with Crippen LogP contribution in [0.2, 0.25) is 10.0 Å². The summed E-state index contributed by atoms with van der Waals surface area (Å²) in [5, 5.41) is 1.81. The van der Waals surface area contributed by atoms with E-state index in [4.69, 9.17) is 27.9 Å². The van der Waals surface area contributed by atoms with E-state index in [-0.39, 0.29) is 5.57 Å². The zero-order valence-corrected chi connectivity index (χ0v) is 14.8. The molecule has 1 aliphatic rings. The van der Waals surface area contributed by atoms with E-state index in [9.17, 15) is 9.59 Å². The Labute approximate surface area is 154 Å². The topological polar surface area (TPSA) is 58.6 Å². The van der Waals surface area contributed by atoms with Crippen LogP contribution in [-0.4, -0.2) is 18.4 Å². The van der Waals surface area contributed by atoms with Crippen molar-refractivity contribution in [2.24, 2.45) is 0 Å². The molecule has 128 valence electrons. The number of amides is 2. The Hall–Kier alpha value is -2.50. The monoisotopic (exact) mass is 376 g/mol. The molecule has 0 unspecified atom stereocenters. The van der Waals surface area contributed by atoms with Gasteiger partial charge in [-0.05, 0) is 48.9 Å². The maximum atomic E-state index is 12.6. The van der Waals surface area contributed by atoms with Crippen LogP contribution in [0.15, 0.2) is 48.0 Å². The van der Waals surface area contributed by atoms with Crippen LogP contribution >= 0.6 is 23.2 Å². The van der Waals surface area contributed by atoms with Crippen LogP contribution in [0.5, 0.6) is 5.75 Å². The van der Waals surface area contributed by atoms with Crippen molar-refractivity contribution in [2.75, 3.05) is 11.6 Å². The molecule has 0 bridgehead atoms. The van der Waals surface area contributed by atoms with Crippen molar-refractivity contribution >= 4 is 46.8 Å². The van der Waals surface area contributed by atoms with Gasteiger partial charge in [0.05, 0.1) is 22.3 Å². The molecule has 5 nitrogen and oxygen atoms in total. The molecule has 2 aromatic carbocycles. The van der Waals surface area contributed by atoms with E-state index in [1.807, 2.05) is 6.92 Å². The minimum Gasteiger partial charge on any atom is -0.494 e. The highest BCUT2D eigenvalue weighted by Crippen LogP contribution is 2.29. The van der Waals surface area contributed by atoms with E-state index in [0.29, 0.717) is 22.3 Å². The van der Waals surface area contributed by atoms with Crippen molar-refractivity contribution in [3.63, 3.8) is 0 Å². The van der Waals surface area contributed by atoms with Gasteiger partial charge in [-0.1, -0.05) is 35.3 Å². The lowest BCUT2D eigenvalue weighted by molar-refractivity contribution is -0.117. The van der Waals surface area contributed by atoms with Gasteiger partial charge in [0.25, 0.3) is 11.8 Å². The first-order chi connectivity index (χ1) is 12.0. The van der Waals surface area contributed by atoms with Gasteiger partial charge in [-0.3, -0.25) is 15.0 Å². The van der Waals surface area contributed by atoms with Crippen LogP contribution in [0.4, 0.5) is 5.69 Å². The zero-order chi connectivity index (χ0) is 18.0. The van der Waals surface area contributed by atoms with E-state index < -0.39 is 11.8 Å². The Balaban J connectivity index is 1.86. The fourth-order valence-electron chi connectivity index (χ4n) is 2.36. The first-order valence-corrected chi connectivity index (χ1v) is 8.30. The maximum Gasteiger partial charge on any atom is 0.282 e. The van der Waals surface area contributed by atoms with Gasteiger partial charge in [0, 0.05) is 0 Å². The normalized spacial score (nSPS) is 15.6. The molecule has 1 aliphatic heterocycles. The number of benzene rings is 2. The highest BCUT2D eigenvalue weighted by Gasteiger charge is 2.34. The van der Waals surface area contributed by atoms with Crippen molar-refractivity contribution in [3.05, 3.63) is 63.6 Å². The molecule has 1 saturated heterocycles. The van der Waals surface area contributed by atoms with Gasteiger partial charge in [-0.25, -0.2) is 5.01 Å². The lowest BCUT2D eigenvalue weighted by atomic mass is 10.1. The van der Waals surface area contributed by atoms with Gasteiger partial charge in [0.1, 0.15) is 11.3 Å². The van der Waals surface area contributed by atoms with Crippen molar-refractivity contribution < 1.29 is 14.3 Å². The molecule has 3 rings (SSSR count). The highest BCUT2D eigenvalue weighted by molar-refractivity contribution is 6.42. The third-order valence-electron chi connectivity index (χ3n) is 3.55. The fourth-order valence-corrected chi connectivity index (χ4v) is 2.65. The average molecular weight is 377 g/mol. The molecule has 0 aliphatic carbocycles. The number of hydrogen-bond acceptors (Lipinski definition) is 3. The highest BCUT2D eigenvalue weighted by atomic mass is 35.5. The van der Waals surface area contributed by atoms with Crippen molar-refractivity contribution in [3.8, 4) is 5.75 Å². The number of halogens is 2. The van der Waals surface area contributed by atoms with Crippen molar-refractivity contribution in [1.29, 1.82) is 0 Å². The summed E-state index contributed by atoms with van der Waals surface area (Å²) < 4.78 is 5.37. The Morgan fingerprint density at radius 1 is 1.08 bits per heavy atom. The fraction of sp³-hybridized carbons (Fsp3) is 0.111. The first kappa shape index (κ1) is 17.3. The quantitative estimate of drug-likeness (QED) is 0.651. The number of anilines is 1. The van der Waals surface area contributed by atoms with Crippen LogP contribution in [0.3, 0.4) is 0 Å². The minimum absolute atomic E-state index is 0.0373. The second-order valence-electron chi connectivity index (χ2n) is 5.24. The molecule has 0 spiro atoms. The van der Waals surface area contributed by atoms with Gasteiger partial charge < -0.3 is 4.74 Å². The number of rotatable bonds is 4. The van der Waals surface area contributed by atoms with Crippen LogP contribution in [0.1, 0.15) is 12.5 Å².